The third kappa shape index (κ3) is 1.73. The van der Waals surface area contributed by atoms with Crippen molar-refractivity contribution in [3.8, 4) is 0 Å². The number of amides is 1. The standard InChI is InChI=1S/C7H9N3O/c1-5-3-10-6(4-9-5)7(11)8-2/h3-4H,1-2H3,(H,8,11). The highest BCUT2D eigenvalue weighted by molar-refractivity contribution is 5.91. The number of hydrogen-bond acceptors (Lipinski definition) is 3. The summed E-state index contributed by atoms with van der Waals surface area (Å²) in [7, 11) is 1.56. The van der Waals surface area contributed by atoms with Crippen LogP contribution in [0.4, 0.5) is 0 Å². The minimum Gasteiger partial charge on any atom is -0.354 e. The molecule has 0 spiro atoms. The number of rotatable bonds is 1. The van der Waals surface area contributed by atoms with Gasteiger partial charge in [0.05, 0.1) is 11.9 Å². The van der Waals surface area contributed by atoms with Gasteiger partial charge in [-0.2, -0.15) is 0 Å². The predicted molar refractivity (Wildman–Crippen MR) is 40.2 cm³/mol. The van der Waals surface area contributed by atoms with Crippen LogP contribution in [0.2, 0.25) is 0 Å². The first-order chi connectivity index (χ1) is 5.24. The van der Waals surface area contributed by atoms with E-state index in [1.54, 1.807) is 13.2 Å². The Bertz CT molecular complexity index is 255. The highest BCUT2D eigenvalue weighted by Crippen LogP contribution is 1.92. The van der Waals surface area contributed by atoms with Crippen molar-refractivity contribution in [3.63, 3.8) is 0 Å². The summed E-state index contributed by atoms with van der Waals surface area (Å²) in [5.41, 5.74) is 1.15. The van der Waals surface area contributed by atoms with Crippen molar-refractivity contribution < 1.29 is 4.79 Å². The van der Waals surface area contributed by atoms with Crippen molar-refractivity contribution in [1.29, 1.82) is 0 Å². The van der Waals surface area contributed by atoms with Gasteiger partial charge in [-0.1, -0.05) is 0 Å². The quantitative estimate of drug-likeness (QED) is 0.621. The normalized spacial score (nSPS) is 9.27. The van der Waals surface area contributed by atoms with E-state index >= 15 is 0 Å². The molecule has 0 radical (unpaired) electrons. The molecule has 11 heavy (non-hydrogen) atoms. The van der Waals surface area contributed by atoms with E-state index in [4.69, 9.17) is 0 Å². The maximum Gasteiger partial charge on any atom is 0.271 e. The summed E-state index contributed by atoms with van der Waals surface area (Å²) >= 11 is 0. The van der Waals surface area contributed by atoms with Crippen LogP contribution >= 0.6 is 0 Å². The van der Waals surface area contributed by atoms with E-state index in [1.165, 1.54) is 6.20 Å². The average Bonchev–Trinajstić information content (AvgIpc) is 2.05. The molecule has 1 amide bonds. The molecule has 1 aromatic heterocycles. The van der Waals surface area contributed by atoms with E-state index in [0.29, 0.717) is 5.69 Å². The number of carbonyl (C=O) groups excluding carboxylic acids is 1. The van der Waals surface area contributed by atoms with Crippen molar-refractivity contribution >= 4 is 5.91 Å². The smallest absolute Gasteiger partial charge is 0.271 e. The second-order valence-corrected chi connectivity index (χ2v) is 2.12. The fraction of sp³-hybridized carbons (Fsp3) is 0.286. The van der Waals surface area contributed by atoms with Crippen LogP contribution in [0, 0.1) is 6.92 Å². The first kappa shape index (κ1) is 7.65. The van der Waals surface area contributed by atoms with Crippen LogP contribution in [0.25, 0.3) is 0 Å². The molecule has 0 unspecified atom stereocenters. The van der Waals surface area contributed by atoms with Crippen LogP contribution in [-0.4, -0.2) is 22.9 Å². The molecule has 1 heterocycles. The first-order valence-electron chi connectivity index (χ1n) is 3.25. The molecule has 0 bridgehead atoms. The van der Waals surface area contributed by atoms with Gasteiger partial charge < -0.3 is 5.32 Å². The molecule has 1 aromatic rings. The predicted octanol–water partition coefficient (Wildman–Crippen LogP) is 0.145. The van der Waals surface area contributed by atoms with Gasteiger partial charge in [-0.05, 0) is 6.92 Å². The zero-order valence-corrected chi connectivity index (χ0v) is 6.46. The van der Waals surface area contributed by atoms with Gasteiger partial charge in [0.2, 0.25) is 0 Å². The van der Waals surface area contributed by atoms with E-state index in [1.807, 2.05) is 6.92 Å². The third-order valence-corrected chi connectivity index (χ3v) is 1.24. The maximum absolute atomic E-state index is 10.9. The van der Waals surface area contributed by atoms with Crippen molar-refractivity contribution in [2.24, 2.45) is 0 Å². The molecule has 4 nitrogen and oxygen atoms in total. The average molecular weight is 151 g/mol. The van der Waals surface area contributed by atoms with Gasteiger partial charge in [0.15, 0.2) is 0 Å². The molecule has 0 saturated carbocycles. The molecular formula is C7H9N3O. The van der Waals surface area contributed by atoms with Crippen LogP contribution in [0.1, 0.15) is 16.2 Å². The summed E-state index contributed by atoms with van der Waals surface area (Å²) in [6.45, 7) is 1.82. The third-order valence-electron chi connectivity index (χ3n) is 1.24. The van der Waals surface area contributed by atoms with Gasteiger partial charge in [-0.3, -0.25) is 9.78 Å². The zero-order valence-electron chi connectivity index (χ0n) is 6.46. The minimum absolute atomic E-state index is 0.211. The van der Waals surface area contributed by atoms with Crippen LogP contribution < -0.4 is 5.32 Å². The molecule has 0 aliphatic rings. The highest BCUT2D eigenvalue weighted by Gasteiger charge is 2.02. The Hall–Kier alpha value is -1.45. The molecule has 1 rings (SSSR count). The molecule has 58 valence electrons. The summed E-state index contributed by atoms with van der Waals surface area (Å²) in [5, 5.41) is 2.46. The summed E-state index contributed by atoms with van der Waals surface area (Å²) in [6, 6.07) is 0. The number of carbonyl (C=O) groups is 1. The Kier molecular flexibility index (Phi) is 2.15. The van der Waals surface area contributed by atoms with Crippen molar-refractivity contribution in [3.05, 3.63) is 23.8 Å². The number of aromatic nitrogens is 2. The van der Waals surface area contributed by atoms with E-state index in [0.717, 1.165) is 5.69 Å². The second-order valence-electron chi connectivity index (χ2n) is 2.12. The molecule has 0 fully saturated rings. The largest absolute Gasteiger partial charge is 0.354 e. The first-order valence-corrected chi connectivity index (χ1v) is 3.25. The lowest BCUT2D eigenvalue weighted by Gasteiger charge is -1.96. The zero-order chi connectivity index (χ0) is 8.27. The molecule has 4 heteroatoms. The lowest BCUT2D eigenvalue weighted by Crippen LogP contribution is -2.19. The van der Waals surface area contributed by atoms with Gasteiger partial charge in [-0.25, -0.2) is 4.98 Å². The fourth-order valence-electron chi connectivity index (χ4n) is 0.638. The molecule has 0 aromatic carbocycles. The van der Waals surface area contributed by atoms with Crippen LogP contribution in [-0.2, 0) is 0 Å². The SMILES string of the molecule is CNC(=O)c1cnc(C)cn1. The van der Waals surface area contributed by atoms with Crippen molar-refractivity contribution in [2.45, 2.75) is 6.92 Å². The van der Waals surface area contributed by atoms with Crippen LogP contribution in [0.5, 0.6) is 0 Å². The number of hydrogen-bond donors (Lipinski definition) is 1. The van der Waals surface area contributed by atoms with E-state index < -0.39 is 0 Å². The number of aryl methyl sites for hydroxylation is 1. The summed E-state index contributed by atoms with van der Waals surface area (Å²) < 4.78 is 0. The molecule has 0 aliphatic carbocycles. The van der Waals surface area contributed by atoms with Crippen molar-refractivity contribution in [1.82, 2.24) is 15.3 Å². The number of nitrogens with one attached hydrogen (secondary N) is 1. The van der Waals surface area contributed by atoms with Crippen molar-refractivity contribution in [2.75, 3.05) is 7.05 Å². The van der Waals surface area contributed by atoms with Gasteiger partial charge in [0.25, 0.3) is 5.91 Å². The second kappa shape index (κ2) is 3.09. The molecule has 0 atom stereocenters. The van der Waals surface area contributed by atoms with E-state index in [9.17, 15) is 4.79 Å². The van der Waals surface area contributed by atoms with Gasteiger partial charge >= 0.3 is 0 Å². The van der Waals surface area contributed by atoms with E-state index in [2.05, 4.69) is 15.3 Å². The topological polar surface area (TPSA) is 54.9 Å². The Morgan fingerprint density at radius 1 is 1.45 bits per heavy atom. The summed E-state index contributed by atoms with van der Waals surface area (Å²) in [6.07, 6.45) is 3.01. The van der Waals surface area contributed by atoms with Gasteiger partial charge in [0, 0.05) is 13.2 Å². The summed E-state index contributed by atoms with van der Waals surface area (Å²) in [4.78, 5) is 18.7. The Labute approximate surface area is 64.7 Å². The Balaban J connectivity index is 2.90. The Morgan fingerprint density at radius 3 is 2.64 bits per heavy atom. The maximum atomic E-state index is 10.9. The summed E-state index contributed by atoms with van der Waals surface area (Å²) in [5.74, 6) is -0.211. The van der Waals surface area contributed by atoms with E-state index in [-0.39, 0.29) is 5.91 Å². The fourth-order valence-corrected chi connectivity index (χ4v) is 0.638. The molecule has 0 aliphatic heterocycles. The molecule has 0 saturated heterocycles. The minimum atomic E-state index is -0.211. The lowest BCUT2D eigenvalue weighted by atomic mass is 10.4. The monoisotopic (exact) mass is 151 g/mol. The van der Waals surface area contributed by atoms with Gasteiger partial charge in [0.1, 0.15) is 5.69 Å². The Morgan fingerprint density at radius 2 is 2.18 bits per heavy atom. The lowest BCUT2D eigenvalue weighted by molar-refractivity contribution is 0.0957. The van der Waals surface area contributed by atoms with Crippen LogP contribution in [0.15, 0.2) is 12.4 Å². The van der Waals surface area contributed by atoms with Gasteiger partial charge in [-0.15, -0.1) is 0 Å². The number of nitrogens with zero attached hydrogens (tertiary/aromatic N) is 2. The molecular weight excluding hydrogens is 142 g/mol. The molecule has 1 N–H and O–H groups in total. The highest BCUT2D eigenvalue weighted by atomic mass is 16.1. The van der Waals surface area contributed by atoms with Crippen LogP contribution in [0.3, 0.4) is 0 Å².